The second kappa shape index (κ2) is 8.18. The third kappa shape index (κ3) is 7.19. The van der Waals surface area contributed by atoms with Crippen LogP contribution < -0.4 is 4.74 Å². The van der Waals surface area contributed by atoms with Gasteiger partial charge in [-0.15, -0.1) is 0 Å². The third-order valence-electron chi connectivity index (χ3n) is 2.81. The number of para-hydroxylation sites is 1. The van der Waals surface area contributed by atoms with Crippen molar-refractivity contribution in [2.45, 2.75) is 32.8 Å². The smallest absolute Gasteiger partial charge is 0.127 e. The van der Waals surface area contributed by atoms with Crippen molar-refractivity contribution in [2.75, 3.05) is 33.4 Å². The first-order valence-corrected chi connectivity index (χ1v) is 7.04. The van der Waals surface area contributed by atoms with Crippen LogP contribution in [0.25, 0.3) is 0 Å². The third-order valence-corrected chi connectivity index (χ3v) is 2.81. The highest BCUT2D eigenvalue weighted by atomic mass is 16.5. The van der Waals surface area contributed by atoms with E-state index in [0.29, 0.717) is 6.61 Å². The zero-order valence-electron chi connectivity index (χ0n) is 12.7. The number of hydrogen-bond donors (Lipinski definition) is 0. The quantitative estimate of drug-likeness (QED) is 0.640. The molecule has 1 aromatic carbocycles. The van der Waals surface area contributed by atoms with Crippen LogP contribution in [-0.4, -0.2) is 43.9 Å². The Morgan fingerprint density at radius 2 is 1.79 bits per heavy atom. The van der Waals surface area contributed by atoms with E-state index < -0.39 is 0 Å². The fourth-order valence-electron chi connectivity index (χ4n) is 1.87. The van der Waals surface area contributed by atoms with E-state index >= 15 is 0 Å². The van der Waals surface area contributed by atoms with Crippen LogP contribution >= 0.6 is 0 Å². The fraction of sp³-hybridized carbons (Fsp3) is 0.625. The summed E-state index contributed by atoms with van der Waals surface area (Å²) >= 11 is 0. The van der Waals surface area contributed by atoms with Gasteiger partial charge in [-0.25, -0.2) is 0 Å². The Kier molecular flexibility index (Phi) is 6.89. The number of ether oxygens (including phenoxy) is 2. The van der Waals surface area contributed by atoms with E-state index in [2.05, 4.69) is 32.7 Å². The minimum atomic E-state index is -0.301. The Morgan fingerprint density at radius 3 is 2.42 bits per heavy atom. The molecule has 0 spiro atoms. The van der Waals surface area contributed by atoms with E-state index in [0.717, 1.165) is 25.4 Å². The summed E-state index contributed by atoms with van der Waals surface area (Å²) in [4.78, 5) is 2.28. The second-order valence-corrected chi connectivity index (χ2v) is 5.53. The summed E-state index contributed by atoms with van der Waals surface area (Å²) in [7, 11) is 2.12. The molecule has 0 saturated heterocycles. The SMILES string of the molecule is CCCN(C)CCOCC(C)(C)Oc1ccccc1. The van der Waals surface area contributed by atoms with Gasteiger partial charge in [-0.3, -0.25) is 0 Å². The Morgan fingerprint density at radius 1 is 1.11 bits per heavy atom. The average Bonchev–Trinajstić information content (AvgIpc) is 2.36. The lowest BCUT2D eigenvalue weighted by atomic mass is 10.1. The fourth-order valence-corrected chi connectivity index (χ4v) is 1.87. The molecule has 0 fully saturated rings. The van der Waals surface area contributed by atoms with Crippen LogP contribution in [0.2, 0.25) is 0 Å². The van der Waals surface area contributed by atoms with Gasteiger partial charge in [0.15, 0.2) is 0 Å². The molecule has 0 heterocycles. The topological polar surface area (TPSA) is 21.7 Å². The standard InChI is InChI=1S/C16H27NO2/c1-5-11-17(4)12-13-18-14-16(2,3)19-15-9-7-6-8-10-15/h6-10H,5,11-14H2,1-4H3. The molecule has 3 heteroatoms. The van der Waals surface area contributed by atoms with E-state index in [4.69, 9.17) is 9.47 Å². The molecular weight excluding hydrogens is 238 g/mol. The molecule has 0 unspecified atom stereocenters. The molecule has 108 valence electrons. The van der Waals surface area contributed by atoms with Gasteiger partial charge in [0.2, 0.25) is 0 Å². The molecular formula is C16H27NO2. The van der Waals surface area contributed by atoms with Crippen molar-refractivity contribution >= 4 is 0 Å². The van der Waals surface area contributed by atoms with Crippen LogP contribution in [-0.2, 0) is 4.74 Å². The highest BCUT2D eigenvalue weighted by molar-refractivity contribution is 5.21. The number of likely N-dealkylation sites (N-methyl/N-ethyl adjacent to an activating group) is 1. The van der Waals surface area contributed by atoms with E-state index in [-0.39, 0.29) is 5.60 Å². The van der Waals surface area contributed by atoms with E-state index in [9.17, 15) is 0 Å². The normalized spacial score (nSPS) is 11.8. The lowest BCUT2D eigenvalue weighted by Crippen LogP contribution is -2.35. The lowest BCUT2D eigenvalue weighted by molar-refractivity contribution is -0.00779. The van der Waals surface area contributed by atoms with Crippen LogP contribution in [0.1, 0.15) is 27.2 Å². The van der Waals surface area contributed by atoms with Crippen LogP contribution in [0.4, 0.5) is 0 Å². The van der Waals surface area contributed by atoms with Crippen molar-refractivity contribution in [1.82, 2.24) is 4.90 Å². The maximum absolute atomic E-state index is 5.92. The van der Waals surface area contributed by atoms with Gasteiger partial charge < -0.3 is 14.4 Å². The van der Waals surface area contributed by atoms with Crippen LogP contribution in [0.3, 0.4) is 0 Å². The molecule has 0 aliphatic rings. The van der Waals surface area contributed by atoms with Gasteiger partial charge in [-0.05, 0) is 46.0 Å². The molecule has 0 radical (unpaired) electrons. The van der Waals surface area contributed by atoms with Gasteiger partial charge >= 0.3 is 0 Å². The Bertz CT molecular complexity index is 338. The predicted octanol–water partition coefficient (Wildman–Crippen LogP) is 3.20. The molecule has 3 nitrogen and oxygen atoms in total. The minimum Gasteiger partial charge on any atom is -0.485 e. The molecule has 0 aliphatic carbocycles. The summed E-state index contributed by atoms with van der Waals surface area (Å²) in [6.07, 6.45) is 1.18. The van der Waals surface area contributed by atoms with Gasteiger partial charge in [0.05, 0.1) is 13.2 Å². The Balaban J connectivity index is 2.23. The van der Waals surface area contributed by atoms with Gasteiger partial charge in [0, 0.05) is 6.54 Å². The van der Waals surface area contributed by atoms with Gasteiger partial charge in [0.25, 0.3) is 0 Å². The van der Waals surface area contributed by atoms with Crippen molar-refractivity contribution in [3.63, 3.8) is 0 Å². The molecule has 19 heavy (non-hydrogen) atoms. The van der Waals surface area contributed by atoms with Gasteiger partial charge in [-0.1, -0.05) is 25.1 Å². The number of rotatable bonds is 9. The Hall–Kier alpha value is -1.06. The molecule has 1 aromatic rings. The van der Waals surface area contributed by atoms with Crippen molar-refractivity contribution in [3.05, 3.63) is 30.3 Å². The molecule has 0 amide bonds. The monoisotopic (exact) mass is 265 g/mol. The van der Waals surface area contributed by atoms with Crippen molar-refractivity contribution in [3.8, 4) is 5.75 Å². The van der Waals surface area contributed by atoms with E-state index in [1.165, 1.54) is 6.42 Å². The summed E-state index contributed by atoms with van der Waals surface area (Å²) in [6.45, 7) is 9.72. The molecule has 0 aromatic heterocycles. The first-order chi connectivity index (χ1) is 9.03. The van der Waals surface area contributed by atoms with Gasteiger partial charge in [-0.2, -0.15) is 0 Å². The average molecular weight is 265 g/mol. The lowest BCUT2D eigenvalue weighted by Gasteiger charge is -2.26. The molecule has 0 N–H and O–H groups in total. The number of hydrogen-bond acceptors (Lipinski definition) is 3. The molecule has 1 rings (SSSR count). The predicted molar refractivity (Wildman–Crippen MR) is 79.8 cm³/mol. The van der Waals surface area contributed by atoms with E-state index in [1.54, 1.807) is 0 Å². The van der Waals surface area contributed by atoms with Crippen LogP contribution in [0.5, 0.6) is 5.75 Å². The first-order valence-electron chi connectivity index (χ1n) is 7.04. The van der Waals surface area contributed by atoms with E-state index in [1.807, 2.05) is 30.3 Å². The number of nitrogens with zero attached hydrogens (tertiary/aromatic N) is 1. The van der Waals surface area contributed by atoms with Crippen molar-refractivity contribution in [1.29, 1.82) is 0 Å². The van der Waals surface area contributed by atoms with Crippen LogP contribution in [0, 0.1) is 0 Å². The largest absolute Gasteiger partial charge is 0.485 e. The maximum atomic E-state index is 5.92. The molecule has 0 saturated carbocycles. The summed E-state index contributed by atoms with van der Waals surface area (Å²) in [6, 6.07) is 9.88. The molecule has 0 bridgehead atoms. The summed E-state index contributed by atoms with van der Waals surface area (Å²) in [5.74, 6) is 0.888. The summed E-state index contributed by atoms with van der Waals surface area (Å²) in [5.41, 5.74) is -0.301. The van der Waals surface area contributed by atoms with Gasteiger partial charge in [0.1, 0.15) is 11.4 Å². The maximum Gasteiger partial charge on any atom is 0.127 e. The van der Waals surface area contributed by atoms with Crippen LogP contribution in [0.15, 0.2) is 30.3 Å². The summed E-state index contributed by atoms with van der Waals surface area (Å²) in [5, 5.41) is 0. The molecule has 0 aliphatic heterocycles. The number of benzene rings is 1. The zero-order chi connectivity index (χ0) is 14.1. The first kappa shape index (κ1) is 16.0. The highest BCUT2D eigenvalue weighted by Crippen LogP contribution is 2.17. The highest BCUT2D eigenvalue weighted by Gasteiger charge is 2.20. The second-order valence-electron chi connectivity index (χ2n) is 5.53. The summed E-state index contributed by atoms with van der Waals surface area (Å²) < 4.78 is 11.6. The van der Waals surface area contributed by atoms with Crippen molar-refractivity contribution < 1.29 is 9.47 Å². The zero-order valence-corrected chi connectivity index (χ0v) is 12.7. The Labute approximate surface area is 117 Å². The van der Waals surface area contributed by atoms with Crippen molar-refractivity contribution in [2.24, 2.45) is 0 Å². The molecule has 0 atom stereocenters. The minimum absolute atomic E-state index is 0.301.